The molecule has 20 heavy (non-hydrogen) atoms. The van der Waals surface area contributed by atoms with Crippen LogP contribution in [-0.2, 0) is 0 Å². The molecule has 0 bridgehead atoms. The summed E-state index contributed by atoms with van der Waals surface area (Å²) in [7, 11) is 1.94. The highest BCUT2D eigenvalue weighted by Crippen LogP contribution is 2.30. The first-order valence-corrected chi connectivity index (χ1v) is 7.61. The molecule has 1 N–H and O–H groups in total. The second-order valence-electron chi connectivity index (χ2n) is 5.83. The van der Waals surface area contributed by atoms with Crippen molar-refractivity contribution in [2.75, 3.05) is 23.8 Å². The van der Waals surface area contributed by atoms with E-state index in [1.807, 2.05) is 11.9 Å². The number of hydrogen-bond donors (Lipinski definition) is 1. The van der Waals surface area contributed by atoms with Gasteiger partial charge in [-0.2, -0.15) is 4.98 Å². The van der Waals surface area contributed by atoms with Crippen LogP contribution in [-0.4, -0.2) is 29.6 Å². The minimum absolute atomic E-state index is 0.340. The highest BCUT2D eigenvalue weighted by molar-refractivity contribution is 5.44. The molecule has 5 heteroatoms. The maximum absolute atomic E-state index is 14.0. The molecule has 1 aromatic heterocycles. The van der Waals surface area contributed by atoms with Crippen LogP contribution >= 0.6 is 0 Å². The Morgan fingerprint density at radius 3 is 2.95 bits per heavy atom. The van der Waals surface area contributed by atoms with Crippen LogP contribution in [0.2, 0.25) is 0 Å². The van der Waals surface area contributed by atoms with Crippen LogP contribution in [0, 0.1) is 11.7 Å². The van der Waals surface area contributed by atoms with E-state index in [9.17, 15) is 4.39 Å². The lowest BCUT2D eigenvalue weighted by atomic mass is 9.86. The van der Waals surface area contributed by atoms with E-state index in [-0.39, 0.29) is 5.82 Å². The normalized spacial score (nSPS) is 22.6. The van der Waals surface area contributed by atoms with Crippen molar-refractivity contribution in [1.82, 2.24) is 9.97 Å². The van der Waals surface area contributed by atoms with E-state index in [2.05, 4.69) is 29.1 Å². The minimum atomic E-state index is -0.340. The van der Waals surface area contributed by atoms with Crippen LogP contribution in [0.25, 0.3) is 0 Å². The van der Waals surface area contributed by atoms with Gasteiger partial charge in [-0.1, -0.05) is 26.7 Å². The Kier molecular flexibility index (Phi) is 5.15. The van der Waals surface area contributed by atoms with Gasteiger partial charge in [-0.3, -0.25) is 0 Å². The topological polar surface area (TPSA) is 41.1 Å². The maximum atomic E-state index is 14.0. The number of nitrogens with one attached hydrogen (secondary N) is 1. The van der Waals surface area contributed by atoms with Gasteiger partial charge in [0.1, 0.15) is 0 Å². The summed E-state index contributed by atoms with van der Waals surface area (Å²) in [6.07, 6.45) is 6.97. The van der Waals surface area contributed by atoms with Crippen molar-refractivity contribution in [2.24, 2.45) is 5.92 Å². The van der Waals surface area contributed by atoms with Crippen molar-refractivity contribution in [3.8, 4) is 0 Å². The van der Waals surface area contributed by atoms with Gasteiger partial charge in [-0.05, 0) is 25.2 Å². The quantitative estimate of drug-likeness (QED) is 0.897. The number of nitrogens with zero attached hydrogens (tertiary/aromatic N) is 3. The number of aromatic nitrogens is 2. The molecule has 1 heterocycles. The standard InChI is InChI=1S/C15H25FN4/c1-4-8-17-15-18-10-13(16)14(19-15)20(3)12-7-5-6-11(2)9-12/h10-12H,4-9H2,1-3H3,(H,17,18,19). The summed E-state index contributed by atoms with van der Waals surface area (Å²) in [5.74, 6) is 1.29. The Morgan fingerprint density at radius 1 is 1.45 bits per heavy atom. The molecule has 1 saturated carbocycles. The van der Waals surface area contributed by atoms with Gasteiger partial charge in [0.15, 0.2) is 11.6 Å². The van der Waals surface area contributed by atoms with Gasteiger partial charge in [-0.25, -0.2) is 9.37 Å². The van der Waals surface area contributed by atoms with Crippen LogP contribution in [0.3, 0.4) is 0 Å². The van der Waals surface area contributed by atoms with Crippen molar-refractivity contribution in [3.05, 3.63) is 12.0 Å². The van der Waals surface area contributed by atoms with Crippen molar-refractivity contribution in [2.45, 2.75) is 52.0 Å². The van der Waals surface area contributed by atoms with Gasteiger partial charge >= 0.3 is 0 Å². The number of halogens is 1. The summed E-state index contributed by atoms with van der Waals surface area (Å²) in [6, 6.07) is 0.377. The summed E-state index contributed by atoms with van der Waals surface area (Å²) in [5, 5.41) is 3.11. The molecule has 0 saturated heterocycles. The van der Waals surface area contributed by atoms with Crippen molar-refractivity contribution in [3.63, 3.8) is 0 Å². The summed E-state index contributed by atoms with van der Waals surface area (Å²) in [6.45, 7) is 5.15. The Hall–Kier alpha value is -1.39. The maximum Gasteiger partial charge on any atom is 0.224 e. The molecule has 1 fully saturated rings. The van der Waals surface area contributed by atoms with E-state index >= 15 is 0 Å². The molecule has 4 nitrogen and oxygen atoms in total. The molecule has 0 radical (unpaired) electrons. The fourth-order valence-electron chi connectivity index (χ4n) is 2.85. The predicted octanol–water partition coefficient (Wildman–Crippen LogP) is 3.45. The fourth-order valence-corrected chi connectivity index (χ4v) is 2.85. The van der Waals surface area contributed by atoms with Gasteiger partial charge in [0.05, 0.1) is 6.20 Å². The zero-order chi connectivity index (χ0) is 14.5. The second-order valence-corrected chi connectivity index (χ2v) is 5.83. The lowest BCUT2D eigenvalue weighted by molar-refractivity contribution is 0.334. The second kappa shape index (κ2) is 6.86. The molecule has 2 rings (SSSR count). The average molecular weight is 280 g/mol. The number of rotatable bonds is 5. The van der Waals surface area contributed by atoms with Gasteiger partial charge in [0, 0.05) is 19.6 Å². The SMILES string of the molecule is CCCNc1ncc(F)c(N(C)C2CCCC(C)C2)n1. The highest BCUT2D eigenvalue weighted by Gasteiger charge is 2.25. The zero-order valence-electron chi connectivity index (χ0n) is 12.7. The molecule has 1 aliphatic carbocycles. The van der Waals surface area contributed by atoms with E-state index < -0.39 is 0 Å². The van der Waals surface area contributed by atoms with Crippen molar-refractivity contribution < 1.29 is 4.39 Å². The molecular weight excluding hydrogens is 255 g/mol. The van der Waals surface area contributed by atoms with Gasteiger partial charge in [0.25, 0.3) is 0 Å². The molecule has 1 aromatic rings. The van der Waals surface area contributed by atoms with Crippen LogP contribution < -0.4 is 10.2 Å². The van der Waals surface area contributed by atoms with E-state index in [0.717, 1.165) is 25.8 Å². The first-order valence-electron chi connectivity index (χ1n) is 7.61. The fraction of sp³-hybridized carbons (Fsp3) is 0.733. The third kappa shape index (κ3) is 3.58. The molecule has 2 unspecified atom stereocenters. The van der Waals surface area contributed by atoms with E-state index in [1.54, 1.807) is 0 Å². The Labute approximate surface area is 120 Å². The summed E-state index contributed by atoms with van der Waals surface area (Å²) < 4.78 is 14.0. The van der Waals surface area contributed by atoms with Crippen LogP contribution in [0.15, 0.2) is 6.20 Å². The first kappa shape index (κ1) is 15.0. The Bertz CT molecular complexity index is 438. The van der Waals surface area contributed by atoms with E-state index in [1.165, 1.54) is 19.0 Å². The molecular formula is C15H25FN4. The van der Waals surface area contributed by atoms with Gasteiger partial charge in [-0.15, -0.1) is 0 Å². The summed E-state index contributed by atoms with van der Waals surface area (Å²) >= 11 is 0. The molecule has 0 aromatic carbocycles. The lowest BCUT2D eigenvalue weighted by Gasteiger charge is -2.35. The van der Waals surface area contributed by atoms with Gasteiger partial charge in [0.2, 0.25) is 5.95 Å². The third-order valence-corrected chi connectivity index (χ3v) is 4.05. The zero-order valence-corrected chi connectivity index (χ0v) is 12.7. The van der Waals surface area contributed by atoms with Crippen molar-refractivity contribution in [1.29, 1.82) is 0 Å². The largest absolute Gasteiger partial charge is 0.354 e. The third-order valence-electron chi connectivity index (χ3n) is 4.05. The Balaban J connectivity index is 2.13. The van der Waals surface area contributed by atoms with Crippen LogP contribution in [0.1, 0.15) is 46.0 Å². The van der Waals surface area contributed by atoms with E-state index in [4.69, 9.17) is 0 Å². The van der Waals surface area contributed by atoms with Crippen LogP contribution in [0.4, 0.5) is 16.2 Å². The molecule has 0 amide bonds. The molecule has 1 aliphatic rings. The predicted molar refractivity (Wildman–Crippen MR) is 80.6 cm³/mol. The first-order chi connectivity index (χ1) is 9.61. The summed E-state index contributed by atoms with van der Waals surface area (Å²) in [4.78, 5) is 10.3. The monoisotopic (exact) mass is 280 g/mol. The highest BCUT2D eigenvalue weighted by atomic mass is 19.1. The molecule has 112 valence electrons. The van der Waals surface area contributed by atoms with E-state index in [0.29, 0.717) is 23.7 Å². The van der Waals surface area contributed by atoms with Crippen molar-refractivity contribution >= 4 is 11.8 Å². The van der Waals surface area contributed by atoms with Gasteiger partial charge < -0.3 is 10.2 Å². The lowest BCUT2D eigenvalue weighted by Crippen LogP contribution is -2.36. The number of anilines is 2. The molecule has 2 atom stereocenters. The van der Waals surface area contributed by atoms with Crippen LogP contribution in [0.5, 0.6) is 0 Å². The average Bonchev–Trinajstić information content (AvgIpc) is 2.45. The molecule has 0 aliphatic heterocycles. The molecule has 0 spiro atoms. The number of hydrogen-bond acceptors (Lipinski definition) is 4. The minimum Gasteiger partial charge on any atom is -0.354 e. The smallest absolute Gasteiger partial charge is 0.224 e. The Morgan fingerprint density at radius 2 is 2.25 bits per heavy atom. The summed E-state index contributed by atoms with van der Waals surface area (Å²) in [5.41, 5.74) is 0.